The van der Waals surface area contributed by atoms with E-state index in [-0.39, 0.29) is 12.1 Å². The van der Waals surface area contributed by atoms with Crippen molar-refractivity contribution in [1.29, 1.82) is 0 Å². The molecule has 4 rings (SSSR count). The Balaban J connectivity index is 1.42. The van der Waals surface area contributed by atoms with Gasteiger partial charge in [-0.2, -0.15) is 0 Å². The molecule has 126 valence electrons. The van der Waals surface area contributed by atoms with Gasteiger partial charge >= 0.3 is 0 Å². The first-order valence-electron chi connectivity index (χ1n) is 8.95. The molecular formula is C21H24INO. The molecule has 0 saturated carbocycles. The van der Waals surface area contributed by atoms with E-state index in [2.05, 4.69) is 76.0 Å². The third kappa shape index (κ3) is 3.39. The number of rotatable bonds is 2. The van der Waals surface area contributed by atoms with Crippen molar-refractivity contribution < 1.29 is 5.11 Å². The van der Waals surface area contributed by atoms with Gasteiger partial charge in [-0.1, -0.05) is 36.4 Å². The molecule has 0 aromatic heterocycles. The number of halogens is 1. The van der Waals surface area contributed by atoms with Gasteiger partial charge in [-0.15, -0.1) is 0 Å². The van der Waals surface area contributed by atoms with Gasteiger partial charge in [-0.25, -0.2) is 0 Å². The van der Waals surface area contributed by atoms with E-state index in [1.165, 1.54) is 33.1 Å². The van der Waals surface area contributed by atoms with Crippen molar-refractivity contribution in [2.24, 2.45) is 0 Å². The number of likely N-dealkylation sites (tertiary alicyclic amines) is 1. The molecule has 2 nitrogen and oxygen atoms in total. The molecule has 2 atom stereocenters. The van der Waals surface area contributed by atoms with Crippen LogP contribution in [0.1, 0.15) is 35.4 Å². The van der Waals surface area contributed by atoms with Crippen LogP contribution in [0.3, 0.4) is 0 Å². The molecule has 1 fully saturated rings. The van der Waals surface area contributed by atoms with Crippen molar-refractivity contribution in [3.8, 4) is 0 Å². The van der Waals surface area contributed by atoms with Crippen molar-refractivity contribution in [2.75, 3.05) is 13.1 Å². The molecule has 0 spiro atoms. The van der Waals surface area contributed by atoms with Crippen molar-refractivity contribution in [1.82, 2.24) is 4.90 Å². The van der Waals surface area contributed by atoms with Crippen molar-refractivity contribution in [3.63, 3.8) is 0 Å². The summed E-state index contributed by atoms with van der Waals surface area (Å²) < 4.78 is 1.30. The average molecular weight is 433 g/mol. The lowest BCUT2D eigenvalue weighted by molar-refractivity contribution is 0.0294. The number of nitrogens with zero attached hydrogens (tertiary/aromatic N) is 1. The van der Waals surface area contributed by atoms with E-state index in [9.17, 15) is 5.11 Å². The summed E-state index contributed by atoms with van der Waals surface area (Å²) in [5.41, 5.74) is 4.23. The Morgan fingerprint density at radius 2 is 1.50 bits per heavy atom. The quantitative estimate of drug-likeness (QED) is 0.724. The highest BCUT2D eigenvalue weighted by atomic mass is 127. The van der Waals surface area contributed by atoms with E-state index in [0.29, 0.717) is 5.92 Å². The zero-order valence-electron chi connectivity index (χ0n) is 13.9. The molecule has 0 radical (unpaired) electrons. The molecule has 2 aliphatic rings. The first-order valence-corrected chi connectivity index (χ1v) is 10.0. The fraction of sp³-hybridized carbons (Fsp3) is 0.429. The molecule has 1 aliphatic carbocycles. The van der Waals surface area contributed by atoms with Gasteiger partial charge in [-0.05, 0) is 89.7 Å². The van der Waals surface area contributed by atoms with Gasteiger partial charge < -0.3 is 5.11 Å². The van der Waals surface area contributed by atoms with E-state index in [4.69, 9.17) is 0 Å². The van der Waals surface area contributed by atoms with Crippen LogP contribution in [-0.4, -0.2) is 35.2 Å². The molecule has 2 aromatic rings. The zero-order valence-corrected chi connectivity index (χ0v) is 16.0. The third-order valence-corrected chi connectivity index (χ3v) is 6.48. The maximum absolute atomic E-state index is 10.6. The second-order valence-corrected chi connectivity index (χ2v) is 8.42. The molecule has 2 aromatic carbocycles. The summed E-state index contributed by atoms with van der Waals surface area (Å²) in [6.07, 6.45) is 3.97. The van der Waals surface area contributed by atoms with Gasteiger partial charge in [0.1, 0.15) is 0 Å². The fourth-order valence-electron chi connectivity index (χ4n) is 4.35. The largest absolute Gasteiger partial charge is 0.391 e. The van der Waals surface area contributed by atoms with E-state index >= 15 is 0 Å². The van der Waals surface area contributed by atoms with Crippen LogP contribution in [0.2, 0.25) is 0 Å². The van der Waals surface area contributed by atoms with E-state index < -0.39 is 0 Å². The van der Waals surface area contributed by atoms with Crippen molar-refractivity contribution >= 4 is 22.6 Å². The summed E-state index contributed by atoms with van der Waals surface area (Å²) in [6, 6.07) is 17.9. The van der Waals surface area contributed by atoms with Crippen LogP contribution in [0, 0.1) is 3.57 Å². The summed E-state index contributed by atoms with van der Waals surface area (Å²) in [7, 11) is 0. The maximum Gasteiger partial charge on any atom is 0.0738 e. The van der Waals surface area contributed by atoms with Gasteiger partial charge in [0.05, 0.1) is 6.10 Å². The molecule has 1 heterocycles. The molecule has 1 aliphatic heterocycles. The summed E-state index contributed by atoms with van der Waals surface area (Å²) in [6.45, 7) is 2.20. The predicted molar refractivity (Wildman–Crippen MR) is 106 cm³/mol. The van der Waals surface area contributed by atoms with Crippen molar-refractivity contribution in [3.05, 3.63) is 68.8 Å². The van der Waals surface area contributed by atoms with Crippen molar-refractivity contribution in [2.45, 2.75) is 43.7 Å². The van der Waals surface area contributed by atoms with Gasteiger partial charge in [0.2, 0.25) is 0 Å². The van der Waals surface area contributed by atoms with Crippen LogP contribution in [-0.2, 0) is 12.8 Å². The highest BCUT2D eigenvalue weighted by Crippen LogP contribution is 2.32. The van der Waals surface area contributed by atoms with Gasteiger partial charge in [0.25, 0.3) is 0 Å². The Kier molecular flexibility index (Phi) is 4.93. The molecule has 1 saturated heterocycles. The number of fused-ring (bicyclic) bond motifs is 1. The minimum Gasteiger partial charge on any atom is -0.391 e. The maximum atomic E-state index is 10.6. The smallest absolute Gasteiger partial charge is 0.0738 e. The predicted octanol–water partition coefficient (Wildman–Crippen LogP) is 4.00. The Bertz CT molecular complexity index is 691. The first-order chi connectivity index (χ1) is 11.7. The summed E-state index contributed by atoms with van der Waals surface area (Å²) in [4.78, 5) is 2.53. The molecular weight excluding hydrogens is 409 g/mol. The third-order valence-electron chi connectivity index (χ3n) is 5.76. The molecule has 0 amide bonds. The Morgan fingerprint density at radius 1 is 0.875 bits per heavy atom. The number of hydrogen-bond acceptors (Lipinski definition) is 2. The minimum absolute atomic E-state index is 0.227. The number of piperidine rings is 1. The fourth-order valence-corrected chi connectivity index (χ4v) is 4.71. The highest BCUT2D eigenvalue weighted by molar-refractivity contribution is 14.1. The number of benzene rings is 2. The summed E-state index contributed by atoms with van der Waals surface area (Å²) >= 11 is 2.37. The highest BCUT2D eigenvalue weighted by Gasteiger charge is 2.33. The van der Waals surface area contributed by atoms with Crippen LogP contribution in [0.25, 0.3) is 0 Å². The Morgan fingerprint density at radius 3 is 2.17 bits per heavy atom. The standard InChI is InChI=1S/C21H24INO/c22-19-7-5-15(6-8-19)16-9-11-23(12-10-16)20-13-17-3-1-2-4-18(17)14-21(20)24/h1-8,16,20-21,24H,9-14H2/t20-,21-/m0/s1. The normalized spacial score (nSPS) is 25.4. The van der Waals surface area contributed by atoms with Gasteiger partial charge in [0, 0.05) is 16.0 Å². The van der Waals surface area contributed by atoms with Crippen LogP contribution >= 0.6 is 22.6 Å². The lowest BCUT2D eigenvalue weighted by Crippen LogP contribution is -2.50. The second kappa shape index (κ2) is 7.14. The number of aliphatic hydroxyl groups excluding tert-OH is 1. The second-order valence-electron chi connectivity index (χ2n) is 7.17. The minimum atomic E-state index is -0.227. The number of hydrogen-bond donors (Lipinski definition) is 1. The molecule has 24 heavy (non-hydrogen) atoms. The molecule has 0 bridgehead atoms. The lowest BCUT2D eigenvalue weighted by atomic mass is 9.83. The molecule has 0 unspecified atom stereocenters. The summed E-state index contributed by atoms with van der Waals surface area (Å²) in [5.74, 6) is 0.672. The van der Waals surface area contributed by atoms with Crippen LogP contribution in [0.4, 0.5) is 0 Å². The van der Waals surface area contributed by atoms with Crippen LogP contribution in [0.15, 0.2) is 48.5 Å². The lowest BCUT2D eigenvalue weighted by Gasteiger charge is -2.42. The van der Waals surface area contributed by atoms with Crippen LogP contribution < -0.4 is 0 Å². The van der Waals surface area contributed by atoms with E-state index in [1.807, 2.05) is 0 Å². The van der Waals surface area contributed by atoms with Gasteiger partial charge in [0.15, 0.2) is 0 Å². The average Bonchev–Trinajstić information content (AvgIpc) is 2.62. The first kappa shape index (κ1) is 16.6. The zero-order chi connectivity index (χ0) is 16.5. The Labute approximate surface area is 158 Å². The SMILES string of the molecule is O[C@H]1Cc2ccccc2C[C@@H]1N1CCC(c2ccc(I)cc2)CC1. The topological polar surface area (TPSA) is 23.5 Å². The van der Waals surface area contributed by atoms with E-state index in [0.717, 1.165) is 25.9 Å². The van der Waals surface area contributed by atoms with Gasteiger partial charge in [-0.3, -0.25) is 4.90 Å². The van der Waals surface area contributed by atoms with Crippen LogP contribution in [0.5, 0.6) is 0 Å². The molecule has 1 N–H and O–H groups in total. The van der Waals surface area contributed by atoms with E-state index in [1.54, 1.807) is 0 Å². The molecule has 3 heteroatoms. The Hall–Kier alpha value is -0.910. The summed E-state index contributed by atoms with van der Waals surface area (Å²) in [5, 5.41) is 10.6. The number of aliphatic hydroxyl groups is 1. The monoisotopic (exact) mass is 433 g/mol.